The second-order valence-corrected chi connectivity index (χ2v) is 8.25. The minimum atomic E-state index is -0.906. The summed E-state index contributed by atoms with van der Waals surface area (Å²) >= 11 is 0. The van der Waals surface area contributed by atoms with Gasteiger partial charge in [0.25, 0.3) is 0 Å². The average molecular weight is 476 g/mol. The molecule has 0 aliphatic carbocycles. The average Bonchev–Trinajstić information content (AvgIpc) is 2.85. The van der Waals surface area contributed by atoms with Gasteiger partial charge in [-0.3, -0.25) is 15.0 Å². The fourth-order valence-electron chi connectivity index (χ4n) is 4.03. The van der Waals surface area contributed by atoms with Crippen LogP contribution in [-0.4, -0.2) is 35.3 Å². The van der Waals surface area contributed by atoms with Crippen molar-refractivity contribution in [3.63, 3.8) is 0 Å². The van der Waals surface area contributed by atoms with Crippen molar-refractivity contribution >= 4 is 17.8 Å². The van der Waals surface area contributed by atoms with E-state index in [2.05, 4.69) is 5.32 Å². The Morgan fingerprint density at radius 2 is 1.43 bits per heavy atom. The first-order valence-electron chi connectivity index (χ1n) is 11.4. The number of nitrogens with zero attached hydrogens (tertiary/aromatic N) is 1. The summed E-state index contributed by atoms with van der Waals surface area (Å²) in [7, 11) is 0. The maximum Gasteiger partial charge on any atom is 0.240 e. The highest BCUT2D eigenvalue weighted by atomic mass is 19.1. The summed E-state index contributed by atoms with van der Waals surface area (Å²) in [5, 5.41) is 10.0. The number of hydrogen-bond acceptors (Lipinski definition) is 3. The molecule has 0 aliphatic heterocycles. The van der Waals surface area contributed by atoms with Crippen LogP contribution in [0, 0.1) is 11.2 Å². The number of carbonyl (C=O) groups is 2. The van der Waals surface area contributed by atoms with Gasteiger partial charge in [-0.2, -0.15) is 0 Å². The predicted molar refractivity (Wildman–Crippen MR) is 134 cm³/mol. The third kappa shape index (κ3) is 7.14. The number of hydrogen-bond donors (Lipinski definition) is 4. The van der Waals surface area contributed by atoms with E-state index in [1.807, 2.05) is 60.7 Å². The van der Waals surface area contributed by atoms with Crippen LogP contribution in [0.15, 0.2) is 84.9 Å². The first kappa shape index (κ1) is 25.4. The maximum atomic E-state index is 14.2. The van der Waals surface area contributed by atoms with Crippen LogP contribution in [-0.2, 0) is 16.1 Å². The molecule has 1 atom stereocenters. The van der Waals surface area contributed by atoms with Gasteiger partial charge in [0.15, 0.2) is 5.96 Å². The number of benzene rings is 3. The van der Waals surface area contributed by atoms with E-state index in [9.17, 15) is 14.0 Å². The van der Waals surface area contributed by atoms with Gasteiger partial charge in [0, 0.05) is 13.1 Å². The van der Waals surface area contributed by atoms with Crippen molar-refractivity contribution in [3.05, 3.63) is 107 Å². The van der Waals surface area contributed by atoms with Crippen molar-refractivity contribution in [2.45, 2.75) is 31.3 Å². The molecule has 3 aromatic rings. The number of rotatable bonds is 11. The van der Waals surface area contributed by atoms with Crippen molar-refractivity contribution in [2.24, 2.45) is 11.5 Å². The number of primary amides is 1. The van der Waals surface area contributed by atoms with E-state index < -0.39 is 17.9 Å². The molecule has 0 spiro atoms. The first-order valence-corrected chi connectivity index (χ1v) is 11.4. The molecule has 0 unspecified atom stereocenters. The Kier molecular flexibility index (Phi) is 8.95. The third-order valence-corrected chi connectivity index (χ3v) is 5.74. The van der Waals surface area contributed by atoms with Gasteiger partial charge in [-0.05, 0) is 41.7 Å². The number of halogens is 1. The smallest absolute Gasteiger partial charge is 0.240 e. The van der Waals surface area contributed by atoms with Gasteiger partial charge in [0.05, 0.1) is 5.92 Å². The standard InChI is InChI=1S/C27H30FN5O2/c28-22-15-13-19(14-16-22)18-33(23(25(29)34)12-7-17-32-27(30)31)26(35)24(20-8-3-1-4-9-20)21-10-5-2-6-11-21/h1-6,8-11,13-16,23-24H,7,12,17-18H2,(H2,29,34)(H4,30,31,32)/t23-/m1/s1. The van der Waals surface area contributed by atoms with Crippen molar-refractivity contribution < 1.29 is 14.0 Å². The van der Waals surface area contributed by atoms with Crippen molar-refractivity contribution in [2.75, 3.05) is 6.54 Å². The predicted octanol–water partition coefficient (Wildman–Crippen LogP) is 3.10. The van der Waals surface area contributed by atoms with E-state index >= 15 is 0 Å². The summed E-state index contributed by atoms with van der Waals surface area (Å²) in [6.45, 7) is 0.446. The molecule has 0 bridgehead atoms. The zero-order valence-corrected chi connectivity index (χ0v) is 19.4. The Labute approximate surface area is 204 Å². The molecule has 0 radical (unpaired) electrons. The van der Waals surface area contributed by atoms with Crippen LogP contribution < -0.4 is 16.8 Å². The van der Waals surface area contributed by atoms with Crippen LogP contribution >= 0.6 is 0 Å². The van der Waals surface area contributed by atoms with Gasteiger partial charge < -0.3 is 21.7 Å². The Morgan fingerprint density at radius 3 is 1.91 bits per heavy atom. The summed E-state index contributed by atoms with van der Waals surface area (Å²) in [4.78, 5) is 28.3. The maximum absolute atomic E-state index is 14.2. The van der Waals surface area contributed by atoms with Crippen LogP contribution in [0.2, 0.25) is 0 Å². The lowest BCUT2D eigenvalue weighted by Gasteiger charge is -2.33. The van der Waals surface area contributed by atoms with Gasteiger partial charge >= 0.3 is 0 Å². The normalized spacial score (nSPS) is 11.6. The molecule has 0 heterocycles. The van der Waals surface area contributed by atoms with Crippen LogP contribution in [0.25, 0.3) is 0 Å². The van der Waals surface area contributed by atoms with Gasteiger partial charge in [0.1, 0.15) is 11.9 Å². The molecular weight excluding hydrogens is 445 g/mol. The minimum absolute atomic E-state index is 0.0863. The molecule has 0 saturated heterocycles. The summed E-state index contributed by atoms with van der Waals surface area (Å²) < 4.78 is 13.5. The Hall–Kier alpha value is -4.20. The molecule has 2 amide bonds. The molecule has 7 nitrogen and oxygen atoms in total. The van der Waals surface area contributed by atoms with E-state index in [1.165, 1.54) is 17.0 Å². The van der Waals surface area contributed by atoms with E-state index in [0.717, 1.165) is 11.1 Å². The molecular formula is C27H30FN5O2. The van der Waals surface area contributed by atoms with Crippen molar-refractivity contribution in [3.8, 4) is 0 Å². The highest BCUT2D eigenvalue weighted by Crippen LogP contribution is 2.29. The molecule has 0 aliphatic rings. The van der Waals surface area contributed by atoms with E-state index in [0.29, 0.717) is 18.5 Å². The second kappa shape index (κ2) is 12.3. The van der Waals surface area contributed by atoms with Crippen LogP contribution in [0.4, 0.5) is 4.39 Å². The number of nitrogens with one attached hydrogen (secondary N) is 2. The largest absolute Gasteiger partial charge is 0.370 e. The van der Waals surface area contributed by atoms with Gasteiger partial charge in [0.2, 0.25) is 11.8 Å². The Balaban J connectivity index is 2.00. The van der Waals surface area contributed by atoms with Gasteiger partial charge in [-0.15, -0.1) is 0 Å². The van der Waals surface area contributed by atoms with E-state index in [1.54, 1.807) is 12.1 Å². The van der Waals surface area contributed by atoms with Gasteiger partial charge in [-0.1, -0.05) is 72.8 Å². The lowest BCUT2D eigenvalue weighted by atomic mass is 9.89. The summed E-state index contributed by atoms with van der Waals surface area (Å²) in [5.41, 5.74) is 13.4. The monoisotopic (exact) mass is 475 g/mol. The summed E-state index contributed by atoms with van der Waals surface area (Å²) in [6.07, 6.45) is 0.737. The number of amides is 2. The zero-order valence-electron chi connectivity index (χ0n) is 19.4. The molecule has 35 heavy (non-hydrogen) atoms. The Morgan fingerprint density at radius 1 is 0.886 bits per heavy atom. The summed E-state index contributed by atoms with van der Waals surface area (Å²) in [6, 6.07) is 23.6. The lowest BCUT2D eigenvalue weighted by Crippen LogP contribution is -2.49. The third-order valence-electron chi connectivity index (χ3n) is 5.74. The van der Waals surface area contributed by atoms with Crippen LogP contribution in [0.5, 0.6) is 0 Å². The number of carbonyl (C=O) groups excluding carboxylic acids is 2. The quantitative estimate of drug-likeness (QED) is 0.193. The molecule has 3 aromatic carbocycles. The molecule has 8 heteroatoms. The summed E-state index contributed by atoms with van der Waals surface area (Å²) in [5.74, 6) is -2.14. The first-order chi connectivity index (χ1) is 16.9. The highest BCUT2D eigenvalue weighted by molar-refractivity contribution is 5.92. The fraction of sp³-hybridized carbons (Fsp3) is 0.222. The molecule has 6 N–H and O–H groups in total. The fourth-order valence-corrected chi connectivity index (χ4v) is 4.03. The zero-order chi connectivity index (χ0) is 25.2. The number of nitrogens with two attached hydrogens (primary N) is 2. The molecule has 3 rings (SSSR count). The number of guanidine groups is 1. The lowest BCUT2D eigenvalue weighted by molar-refractivity contribution is -0.141. The Bertz CT molecular complexity index is 1080. The van der Waals surface area contributed by atoms with Crippen LogP contribution in [0.3, 0.4) is 0 Å². The molecule has 182 valence electrons. The topological polar surface area (TPSA) is 125 Å². The van der Waals surface area contributed by atoms with Gasteiger partial charge in [-0.25, -0.2) is 4.39 Å². The highest BCUT2D eigenvalue weighted by Gasteiger charge is 2.34. The molecule has 0 fully saturated rings. The van der Waals surface area contributed by atoms with Crippen molar-refractivity contribution in [1.82, 2.24) is 10.2 Å². The van der Waals surface area contributed by atoms with Crippen molar-refractivity contribution in [1.29, 1.82) is 5.41 Å². The van der Waals surface area contributed by atoms with Crippen LogP contribution in [0.1, 0.15) is 35.4 Å². The SMILES string of the molecule is N=C(N)NCCC[C@H](C(N)=O)N(Cc1ccc(F)cc1)C(=O)C(c1ccccc1)c1ccccc1. The molecule has 0 aromatic heterocycles. The second-order valence-electron chi connectivity index (χ2n) is 8.25. The van der Waals surface area contributed by atoms with E-state index in [4.69, 9.17) is 16.9 Å². The van der Waals surface area contributed by atoms with E-state index in [-0.39, 0.29) is 30.6 Å². The minimum Gasteiger partial charge on any atom is -0.370 e. The molecule has 0 saturated carbocycles.